The van der Waals surface area contributed by atoms with E-state index in [-0.39, 0.29) is 11.4 Å². The summed E-state index contributed by atoms with van der Waals surface area (Å²) in [7, 11) is 1.55. The van der Waals surface area contributed by atoms with Gasteiger partial charge in [0.05, 0.1) is 21.7 Å². The number of amides is 1. The van der Waals surface area contributed by atoms with Gasteiger partial charge in [0.15, 0.2) is 23.0 Å². The predicted molar refractivity (Wildman–Crippen MR) is 101 cm³/mol. The Labute approximate surface area is 162 Å². The lowest BCUT2D eigenvalue weighted by molar-refractivity contribution is -0.384. The molecule has 3 aromatic rings. The Bertz CT molecular complexity index is 1090. The number of fused-ring (bicyclic) bond motifs is 1. The molecule has 0 fully saturated rings. The number of carbonyl (C=O) groups excluding carboxylic acids is 1. The molecule has 0 bridgehead atoms. The van der Waals surface area contributed by atoms with Crippen LogP contribution in [0.25, 0.3) is 10.2 Å². The van der Waals surface area contributed by atoms with E-state index in [1.54, 1.807) is 23.8 Å². The number of methoxy groups -OCH3 is 1. The molecule has 1 amide bonds. The molecule has 0 aliphatic heterocycles. The number of hydrogen-bond acceptors (Lipinski definition) is 6. The first-order valence-electron chi connectivity index (χ1n) is 8.21. The van der Waals surface area contributed by atoms with Crippen LogP contribution in [0.4, 0.5) is 10.1 Å². The van der Waals surface area contributed by atoms with Crippen LogP contribution in [0.3, 0.4) is 0 Å². The van der Waals surface area contributed by atoms with Crippen molar-refractivity contribution >= 4 is 33.1 Å². The van der Waals surface area contributed by atoms with E-state index < -0.39 is 23.3 Å². The average Bonchev–Trinajstić information content (AvgIpc) is 3.01. The van der Waals surface area contributed by atoms with Crippen LogP contribution < -0.4 is 9.54 Å². The molecule has 8 nitrogen and oxygen atoms in total. The second kappa shape index (κ2) is 8.72. The molecule has 0 unspecified atom stereocenters. The van der Waals surface area contributed by atoms with E-state index in [1.165, 1.54) is 30.3 Å². The number of nitro benzene ring substituents is 1. The van der Waals surface area contributed by atoms with Crippen molar-refractivity contribution in [2.75, 3.05) is 20.3 Å². The van der Waals surface area contributed by atoms with Crippen LogP contribution in [0.2, 0.25) is 0 Å². The Kier molecular flexibility index (Phi) is 6.12. The summed E-state index contributed by atoms with van der Waals surface area (Å²) in [5, 5.41) is 11.0. The van der Waals surface area contributed by atoms with Gasteiger partial charge < -0.3 is 14.0 Å². The Balaban J connectivity index is 1.91. The lowest BCUT2D eigenvalue weighted by atomic mass is 10.3. The van der Waals surface area contributed by atoms with Crippen molar-refractivity contribution in [2.24, 2.45) is 4.99 Å². The first-order chi connectivity index (χ1) is 13.5. The summed E-state index contributed by atoms with van der Waals surface area (Å²) in [6.45, 7) is 0.351. The number of nitro groups is 1. The lowest BCUT2D eigenvalue weighted by Gasteiger charge is -2.05. The van der Waals surface area contributed by atoms with Gasteiger partial charge in [-0.15, -0.1) is 0 Å². The highest BCUT2D eigenvalue weighted by Crippen LogP contribution is 2.23. The molecule has 3 rings (SSSR count). The van der Waals surface area contributed by atoms with Crippen LogP contribution in [0.15, 0.2) is 47.5 Å². The summed E-state index contributed by atoms with van der Waals surface area (Å²) in [6.07, 6.45) is 0. The van der Waals surface area contributed by atoms with Gasteiger partial charge in [-0.2, -0.15) is 4.99 Å². The number of non-ortho nitro benzene ring substituents is 1. The van der Waals surface area contributed by atoms with Crippen LogP contribution in [-0.4, -0.2) is 35.7 Å². The molecule has 10 heteroatoms. The second-order valence-corrected chi connectivity index (χ2v) is 6.67. The molecule has 0 N–H and O–H groups in total. The zero-order chi connectivity index (χ0) is 20.1. The Morgan fingerprint density at radius 3 is 2.82 bits per heavy atom. The number of halogens is 1. The van der Waals surface area contributed by atoms with Crippen LogP contribution in [0.1, 0.15) is 0 Å². The first kappa shape index (κ1) is 19.6. The third-order valence-corrected chi connectivity index (χ3v) is 4.85. The molecule has 0 radical (unpaired) electrons. The van der Waals surface area contributed by atoms with E-state index in [2.05, 4.69) is 4.99 Å². The second-order valence-electron chi connectivity index (χ2n) is 5.66. The number of nitrogens with zero attached hydrogens (tertiary/aromatic N) is 3. The fourth-order valence-corrected chi connectivity index (χ4v) is 3.61. The molecule has 0 atom stereocenters. The van der Waals surface area contributed by atoms with Gasteiger partial charge in [0.1, 0.15) is 0 Å². The average molecular weight is 405 g/mol. The molecule has 0 aliphatic rings. The first-order valence-corrected chi connectivity index (χ1v) is 9.03. The van der Waals surface area contributed by atoms with Crippen molar-refractivity contribution in [3.8, 4) is 5.75 Å². The molecule has 1 aromatic heterocycles. The molecule has 0 spiro atoms. The molecule has 0 aliphatic carbocycles. The van der Waals surface area contributed by atoms with E-state index in [1.807, 2.05) is 0 Å². The van der Waals surface area contributed by atoms with Crippen LogP contribution in [0, 0.1) is 15.9 Å². The molecular weight excluding hydrogens is 389 g/mol. The van der Waals surface area contributed by atoms with E-state index >= 15 is 0 Å². The number of ether oxygens (including phenoxy) is 2. The van der Waals surface area contributed by atoms with Gasteiger partial charge in [-0.3, -0.25) is 14.9 Å². The van der Waals surface area contributed by atoms with Crippen molar-refractivity contribution in [3.63, 3.8) is 0 Å². The number of aromatic nitrogens is 1. The minimum Gasteiger partial charge on any atom is -0.481 e. The number of rotatable bonds is 7. The highest BCUT2D eigenvalue weighted by Gasteiger charge is 2.13. The quantitative estimate of drug-likeness (QED) is 0.445. The number of hydrogen-bond donors (Lipinski definition) is 0. The molecule has 0 saturated heterocycles. The monoisotopic (exact) mass is 405 g/mol. The molecule has 2 aromatic carbocycles. The fraction of sp³-hybridized carbons (Fsp3) is 0.222. The summed E-state index contributed by atoms with van der Waals surface area (Å²) < 4.78 is 26.2. The largest absolute Gasteiger partial charge is 0.481 e. The van der Waals surface area contributed by atoms with E-state index in [4.69, 9.17) is 9.47 Å². The number of carbonyl (C=O) groups is 1. The highest BCUT2D eigenvalue weighted by atomic mass is 32.1. The standard InChI is InChI=1S/C18H16FN3O5S/c1-26-9-8-21-14-7-6-12(22(24)25)10-16(14)28-18(21)20-17(23)11-27-15-5-3-2-4-13(15)19/h2-7,10H,8-9,11H2,1H3. The zero-order valence-corrected chi connectivity index (χ0v) is 15.6. The number of benzene rings is 2. The SMILES string of the molecule is COCCn1c(=NC(=O)COc2ccccc2F)sc2cc([N+](=O)[O-])ccc21. The van der Waals surface area contributed by atoms with Gasteiger partial charge in [0.25, 0.3) is 11.6 Å². The minimum atomic E-state index is -0.601. The van der Waals surface area contributed by atoms with Gasteiger partial charge in [0, 0.05) is 25.8 Å². The van der Waals surface area contributed by atoms with E-state index in [9.17, 15) is 19.3 Å². The number of para-hydroxylation sites is 1. The maximum absolute atomic E-state index is 13.6. The Hall–Kier alpha value is -3.11. The molecular formula is C18H16FN3O5S. The van der Waals surface area contributed by atoms with Crippen LogP contribution in [0.5, 0.6) is 5.75 Å². The van der Waals surface area contributed by atoms with Gasteiger partial charge in [-0.1, -0.05) is 23.5 Å². The van der Waals surface area contributed by atoms with Gasteiger partial charge >= 0.3 is 0 Å². The highest BCUT2D eigenvalue weighted by molar-refractivity contribution is 7.16. The minimum absolute atomic E-state index is 0.0368. The number of thiazole rings is 1. The van der Waals surface area contributed by atoms with Crippen molar-refractivity contribution in [1.82, 2.24) is 4.57 Å². The smallest absolute Gasteiger partial charge is 0.286 e. The van der Waals surface area contributed by atoms with E-state index in [0.717, 1.165) is 11.3 Å². The topological polar surface area (TPSA) is 96.0 Å². The molecule has 1 heterocycles. The van der Waals surface area contributed by atoms with Crippen molar-refractivity contribution in [2.45, 2.75) is 6.54 Å². The predicted octanol–water partition coefficient (Wildman–Crippen LogP) is 2.90. The molecule has 28 heavy (non-hydrogen) atoms. The van der Waals surface area contributed by atoms with Gasteiger partial charge in [-0.05, 0) is 18.2 Å². The Morgan fingerprint density at radius 2 is 2.11 bits per heavy atom. The summed E-state index contributed by atoms with van der Waals surface area (Å²) in [6, 6.07) is 10.2. The summed E-state index contributed by atoms with van der Waals surface area (Å²) in [4.78, 5) is 27.1. The van der Waals surface area contributed by atoms with Gasteiger partial charge in [-0.25, -0.2) is 4.39 Å². The fourth-order valence-electron chi connectivity index (χ4n) is 2.50. The third kappa shape index (κ3) is 4.41. The van der Waals surface area contributed by atoms with Crippen molar-refractivity contribution in [1.29, 1.82) is 0 Å². The van der Waals surface area contributed by atoms with Crippen LogP contribution >= 0.6 is 11.3 Å². The van der Waals surface area contributed by atoms with Crippen LogP contribution in [-0.2, 0) is 16.1 Å². The normalized spacial score (nSPS) is 11.7. The summed E-state index contributed by atoms with van der Waals surface area (Å²) in [5.41, 5.74) is 0.655. The van der Waals surface area contributed by atoms with E-state index in [0.29, 0.717) is 28.2 Å². The summed E-state index contributed by atoms with van der Waals surface area (Å²) in [5.74, 6) is -1.21. The summed E-state index contributed by atoms with van der Waals surface area (Å²) >= 11 is 1.14. The Morgan fingerprint density at radius 1 is 1.32 bits per heavy atom. The van der Waals surface area contributed by atoms with Crippen molar-refractivity contribution < 1.29 is 23.6 Å². The molecule has 146 valence electrons. The van der Waals surface area contributed by atoms with Crippen molar-refractivity contribution in [3.05, 3.63) is 63.2 Å². The lowest BCUT2D eigenvalue weighted by Crippen LogP contribution is -2.21. The maximum Gasteiger partial charge on any atom is 0.286 e. The maximum atomic E-state index is 13.6. The third-order valence-electron chi connectivity index (χ3n) is 3.80. The molecule has 0 saturated carbocycles. The van der Waals surface area contributed by atoms with Gasteiger partial charge in [0.2, 0.25) is 0 Å². The zero-order valence-electron chi connectivity index (χ0n) is 14.8.